The highest BCUT2D eigenvalue weighted by Crippen LogP contribution is 2.15. The van der Waals surface area contributed by atoms with E-state index in [1.807, 2.05) is 27.7 Å². The molecule has 1 aromatic carbocycles. The van der Waals surface area contributed by atoms with E-state index in [-0.39, 0.29) is 47.6 Å². The van der Waals surface area contributed by atoms with E-state index in [1.165, 1.54) is 0 Å². The molecule has 0 spiro atoms. The number of carbonyl (C=O) groups excluding carboxylic acids is 1. The summed E-state index contributed by atoms with van der Waals surface area (Å²) < 4.78 is 32.4. The molecule has 0 radical (unpaired) electrons. The summed E-state index contributed by atoms with van der Waals surface area (Å²) in [7, 11) is -1.90. The van der Waals surface area contributed by atoms with Crippen molar-refractivity contribution in [3.8, 4) is 0 Å². The van der Waals surface area contributed by atoms with E-state index in [1.54, 1.807) is 36.2 Å². The molecule has 2 rings (SSSR count). The first kappa shape index (κ1) is 26.4. The number of nitrogens with one attached hydrogen (secondary N) is 3. The zero-order valence-electron chi connectivity index (χ0n) is 18.1. The number of benzene rings is 1. The lowest BCUT2D eigenvalue weighted by atomic mass is 10.1. The summed E-state index contributed by atoms with van der Waals surface area (Å²) in [5.74, 6) is 0.549. The van der Waals surface area contributed by atoms with E-state index in [0.717, 1.165) is 5.56 Å². The maximum Gasteiger partial charge on any atom is 0.410 e. The normalized spacial score (nSPS) is 15.1. The zero-order chi connectivity index (χ0) is 21.7. The third-order valence-electron chi connectivity index (χ3n) is 4.14. The van der Waals surface area contributed by atoms with Crippen LogP contribution in [0.25, 0.3) is 0 Å². The van der Waals surface area contributed by atoms with Crippen LogP contribution < -0.4 is 15.4 Å². The Morgan fingerprint density at radius 2 is 1.80 bits per heavy atom. The molecule has 0 unspecified atom stereocenters. The van der Waals surface area contributed by atoms with Crippen LogP contribution in [0, 0.1) is 6.92 Å². The number of amides is 1. The van der Waals surface area contributed by atoms with Crippen LogP contribution in [-0.2, 0) is 14.8 Å². The molecule has 1 fully saturated rings. The molecule has 0 aromatic heterocycles. The van der Waals surface area contributed by atoms with Gasteiger partial charge in [0.05, 0.1) is 10.9 Å². The smallest absolute Gasteiger partial charge is 0.410 e. The standard InChI is InChI=1S/C19H31N5O4S.HI/c1-14-6-8-16(9-7-14)29(26,27)22-11-10-21-17(20-5)23-15-12-24(13-15)18(25)28-19(2,3)4;/h6-9,15,22H,10-13H2,1-5H3,(H2,20,21,23);1H. The van der Waals surface area contributed by atoms with Crippen molar-refractivity contribution in [2.45, 2.75) is 44.2 Å². The molecular weight excluding hydrogens is 521 g/mol. The van der Waals surface area contributed by atoms with Gasteiger partial charge in [-0.25, -0.2) is 17.9 Å². The zero-order valence-corrected chi connectivity index (χ0v) is 21.2. The van der Waals surface area contributed by atoms with Gasteiger partial charge in [-0.05, 0) is 39.8 Å². The minimum absolute atomic E-state index is 0. The quantitative estimate of drug-likeness (QED) is 0.214. The highest BCUT2D eigenvalue weighted by molar-refractivity contribution is 14.0. The van der Waals surface area contributed by atoms with E-state index in [0.29, 0.717) is 25.6 Å². The number of ether oxygens (including phenoxy) is 1. The molecule has 1 amide bonds. The van der Waals surface area contributed by atoms with Crippen LogP contribution in [0.4, 0.5) is 4.79 Å². The number of hydrogen-bond acceptors (Lipinski definition) is 5. The first-order valence-electron chi connectivity index (χ1n) is 9.51. The van der Waals surface area contributed by atoms with Gasteiger partial charge in [-0.1, -0.05) is 17.7 Å². The number of guanidine groups is 1. The summed E-state index contributed by atoms with van der Waals surface area (Å²) in [4.78, 5) is 17.9. The van der Waals surface area contributed by atoms with Gasteiger partial charge in [0.2, 0.25) is 10.0 Å². The first-order valence-corrected chi connectivity index (χ1v) is 11.0. The van der Waals surface area contributed by atoms with Crippen LogP contribution in [0.2, 0.25) is 0 Å². The van der Waals surface area contributed by atoms with Gasteiger partial charge in [0.25, 0.3) is 0 Å². The number of carbonyl (C=O) groups is 1. The van der Waals surface area contributed by atoms with Crippen molar-refractivity contribution in [3.05, 3.63) is 29.8 Å². The summed E-state index contributed by atoms with van der Waals surface area (Å²) in [6.07, 6.45) is -0.330. The predicted molar refractivity (Wildman–Crippen MR) is 128 cm³/mol. The molecule has 0 bridgehead atoms. The molecule has 1 saturated heterocycles. The largest absolute Gasteiger partial charge is 0.444 e. The van der Waals surface area contributed by atoms with Crippen molar-refractivity contribution in [1.82, 2.24) is 20.3 Å². The van der Waals surface area contributed by atoms with Crippen molar-refractivity contribution >= 4 is 46.1 Å². The van der Waals surface area contributed by atoms with E-state index in [9.17, 15) is 13.2 Å². The molecule has 0 atom stereocenters. The Bertz CT molecular complexity index is 831. The van der Waals surface area contributed by atoms with E-state index >= 15 is 0 Å². The Kier molecular flexibility index (Phi) is 9.82. The van der Waals surface area contributed by atoms with Crippen molar-refractivity contribution in [3.63, 3.8) is 0 Å². The molecule has 9 nitrogen and oxygen atoms in total. The van der Waals surface area contributed by atoms with Gasteiger partial charge < -0.3 is 20.3 Å². The van der Waals surface area contributed by atoms with E-state index in [2.05, 4.69) is 20.3 Å². The summed E-state index contributed by atoms with van der Waals surface area (Å²) in [5, 5.41) is 6.26. The molecule has 30 heavy (non-hydrogen) atoms. The van der Waals surface area contributed by atoms with Crippen LogP contribution in [0.1, 0.15) is 26.3 Å². The number of likely N-dealkylation sites (tertiary alicyclic amines) is 1. The first-order chi connectivity index (χ1) is 13.5. The number of nitrogens with zero attached hydrogens (tertiary/aromatic N) is 2. The molecule has 1 aliphatic heterocycles. The molecule has 1 aromatic rings. The van der Waals surface area contributed by atoms with Crippen molar-refractivity contribution < 1.29 is 17.9 Å². The highest BCUT2D eigenvalue weighted by Gasteiger charge is 2.34. The number of halogens is 1. The predicted octanol–water partition coefficient (Wildman–Crippen LogP) is 1.68. The number of sulfonamides is 1. The molecular formula is C19H32IN5O4S. The van der Waals surface area contributed by atoms with Crippen LogP contribution in [0.15, 0.2) is 34.2 Å². The fraction of sp³-hybridized carbons (Fsp3) is 0.579. The lowest BCUT2D eigenvalue weighted by Crippen LogP contribution is -2.63. The van der Waals surface area contributed by atoms with Crippen molar-refractivity contribution in [1.29, 1.82) is 0 Å². The minimum atomic E-state index is -3.54. The maximum absolute atomic E-state index is 12.3. The number of rotatable bonds is 6. The van der Waals surface area contributed by atoms with Crippen LogP contribution >= 0.6 is 24.0 Å². The van der Waals surface area contributed by atoms with Gasteiger partial charge >= 0.3 is 6.09 Å². The second kappa shape index (κ2) is 11.1. The van der Waals surface area contributed by atoms with E-state index < -0.39 is 15.6 Å². The van der Waals surface area contributed by atoms with Gasteiger partial charge in [-0.2, -0.15) is 0 Å². The SMILES string of the molecule is CN=C(NCCNS(=O)(=O)c1ccc(C)cc1)NC1CN(C(=O)OC(C)(C)C)C1.I. The lowest BCUT2D eigenvalue weighted by Gasteiger charge is -2.40. The Balaban J connectivity index is 0.00000450. The summed E-state index contributed by atoms with van der Waals surface area (Å²) in [6, 6.07) is 6.75. The average Bonchev–Trinajstić information content (AvgIpc) is 2.58. The maximum atomic E-state index is 12.3. The second-order valence-corrected chi connectivity index (χ2v) is 9.70. The summed E-state index contributed by atoms with van der Waals surface area (Å²) >= 11 is 0. The number of aryl methyl sites for hydroxylation is 1. The fourth-order valence-electron chi connectivity index (χ4n) is 2.60. The molecule has 0 aliphatic carbocycles. The summed E-state index contributed by atoms with van der Waals surface area (Å²) in [5.41, 5.74) is 0.487. The topological polar surface area (TPSA) is 112 Å². The van der Waals surface area contributed by atoms with Crippen molar-refractivity contribution in [2.24, 2.45) is 4.99 Å². The number of aliphatic imine (C=N–C) groups is 1. The molecule has 3 N–H and O–H groups in total. The molecule has 1 heterocycles. The third-order valence-corrected chi connectivity index (χ3v) is 5.62. The van der Waals surface area contributed by atoms with Gasteiger partial charge in [-0.3, -0.25) is 4.99 Å². The van der Waals surface area contributed by atoms with Gasteiger partial charge in [0.15, 0.2) is 5.96 Å². The van der Waals surface area contributed by atoms with Crippen LogP contribution in [0.5, 0.6) is 0 Å². The Morgan fingerprint density at radius 1 is 1.20 bits per heavy atom. The Morgan fingerprint density at radius 3 is 2.33 bits per heavy atom. The van der Waals surface area contributed by atoms with Crippen LogP contribution in [0.3, 0.4) is 0 Å². The van der Waals surface area contributed by atoms with E-state index in [4.69, 9.17) is 4.74 Å². The average molecular weight is 553 g/mol. The molecule has 0 saturated carbocycles. The third kappa shape index (κ3) is 8.26. The molecule has 1 aliphatic rings. The number of hydrogen-bond donors (Lipinski definition) is 3. The fourth-order valence-corrected chi connectivity index (χ4v) is 3.63. The lowest BCUT2D eigenvalue weighted by molar-refractivity contribution is 0.00701. The Hall–Kier alpha value is -1.60. The van der Waals surface area contributed by atoms with Gasteiger partial charge in [-0.15, -0.1) is 24.0 Å². The molecule has 170 valence electrons. The molecule has 11 heteroatoms. The van der Waals surface area contributed by atoms with Crippen LogP contribution in [-0.4, -0.2) is 70.2 Å². The Labute approximate surface area is 196 Å². The van der Waals surface area contributed by atoms with Crippen molar-refractivity contribution in [2.75, 3.05) is 33.2 Å². The minimum Gasteiger partial charge on any atom is -0.444 e. The monoisotopic (exact) mass is 553 g/mol. The highest BCUT2D eigenvalue weighted by atomic mass is 127. The summed E-state index contributed by atoms with van der Waals surface area (Å²) in [6.45, 7) is 9.03. The van der Waals surface area contributed by atoms with Gasteiger partial charge in [0, 0.05) is 33.2 Å². The van der Waals surface area contributed by atoms with Gasteiger partial charge in [0.1, 0.15) is 5.60 Å². The second-order valence-electron chi connectivity index (χ2n) is 7.94.